The second kappa shape index (κ2) is 7.91. The van der Waals surface area contributed by atoms with E-state index in [1.54, 1.807) is 24.3 Å². The molecule has 5 heteroatoms. The second-order valence-electron chi connectivity index (χ2n) is 6.27. The summed E-state index contributed by atoms with van der Waals surface area (Å²) in [5, 5.41) is 2.02. The van der Waals surface area contributed by atoms with Crippen molar-refractivity contribution in [2.75, 3.05) is 13.7 Å². The first-order chi connectivity index (χ1) is 14.2. The number of carbonyl (C=O) groups is 1. The van der Waals surface area contributed by atoms with Gasteiger partial charge in [0.25, 0.3) is 0 Å². The molecule has 0 bridgehead atoms. The molecule has 0 atom stereocenters. The normalized spacial score (nSPS) is 14.4. The largest absolute Gasteiger partial charge is 0.493 e. The van der Waals surface area contributed by atoms with Crippen LogP contribution in [0.4, 0.5) is 0 Å². The number of ether oxygens (including phenoxy) is 3. The first-order valence-electron chi connectivity index (χ1n) is 8.94. The van der Waals surface area contributed by atoms with Gasteiger partial charge in [-0.15, -0.1) is 6.42 Å². The minimum atomic E-state index is -0.500. The van der Waals surface area contributed by atoms with Gasteiger partial charge in [-0.1, -0.05) is 48.4 Å². The van der Waals surface area contributed by atoms with Crippen LogP contribution in [0.3, 0.4) is 0 Å². The van der Waals surface area contributed by atoms with Gasteiger partial charge >= 0.3 is 5.97 Å². The van der Waals surface area contributed by atoms with E-state index in [1.807, 2.05) is 42.5 Å². The van der Waals surface area contributed by atoms with Gasteiger partial charge in [0.05, 0.1) is 7.11 Å². The molecule has 3 aromatic carbocycles. The molecule has 5 nitrogen and oxygen atoms in total. The summed E-state index contributed by atoms with van der Waals surface area (Å²) in [6.45, 7) is 0.141. The van der Waals surface area contributed by atoms with Crippen molar-refractivity contribution in [3.05, 3.63) is 77.5 Å². The van der Waals surface area contributed by atoms with Gasteiger partial charge < -0.3 is 14.2 Å². The fourth-order valence-corrected chi connectivity index (χ4v) is 3.11. The summed E-state index contributed by atoms with van der Waals surface area (Å²) in [5.74, 6) is 3.24. The maximum Gasteiger partial charge on any atom is 0.363 e. The fourth-order valence-electron chi connectivity index (χ4n) is 3.11. The molecule has 0 saturated carbocycles. The molecule has 0 saturated heterocycles. The van der Waals surface area contributed by atoms with Crippen molar-refractivity contribution in [3.63, 3.8) is 0 Å². The number of methoxy groups -OCH3 is 1. The molecule has 3 aromatic rings. The van der Waals surface area contributed by atoms with Crippen molar-refractivity contribution < 1.29 is 19.0 Å². The zero-order chi connectivity index (χ0) is 20.2. The number of rotatable bonds is 5. The molecule has 0 aromatic heterocycles. The molecule has 0 N–H and O–H groups in total. The van der Waals surface area contributed by atoms with Crippen molar-refractivity contribution in [3.8, 4) is 23.8 Å². The van der Waals surface area contributed by atoms with E-state index >= 15 is 0 Å². The molecule has 29 heavy (non-hydrogen) atoms. The molecule has 1 heterocycles. The molecule has 0 aliphatic carbocycles. The van der Waals surface area contributed by atoms with Crippen LogP contribution in [0.25, 0.3) is 16.8 Å². The fraction of sp³-hybridized carbons (Fsp3) is 0.0833. The molecule has 0 amide bonds. The van der Waals surface area contributed by atoms with Gasteiger partial charge in [0, 0.05) is 5.56 Å². The molecule has 0 radical (unpaired) electrons. The average Bonchev–Trinajstić information content (AvgIpc) is 3.12. The highest BCUT2D eigenvalue weighted by atomic mass is 16.6. The Morgan fingerprint density at radius 3 is 2.76 bits per heavy atom. The Balaban J connectivity index is 1.69. The zero-order valence-corrected chi connectivity index (χ0v) is 15.7. The maximum atomic E-state index is 12.4. The third-order valence-electron chi connectivity index (χ3n) is 4.44. The van der Waals surface area contributed by atoms with Gasteiger partial charge in [-0.2, -0.15) is 0 Å². The lowest BCUT2D eigenvalue weighted by atomic mass is 10.0. The van der Waals surface area contributed by atoms with Gasteiger partial charge in [0.1, 0.15) is 6.61 Å². The molecule has 4 rings (SSSR count). The van der Waals surface area contributed by atoms with Crippen LogP contribution < -0.4 is 9.47 Å². The summed E-state index contributed by atoms with van der Waals surface area (Å²) in [4.78, 5) is 16.8. The number of benzene rings is 3. The third kappa shape index (κ3) is 3.69. The van der Waals surface area contributed by atoms with Crippen molar-refractivity contribution in [2.45, 2.75) is 0 Å². The number of hydrogen-bond acceptors (Lipinski definition) is 5. The number of fused-ring (bicyclic) bond motifs is 1. The van der Waals surface area contributed by atoms with Gasteiger partial charge in [-0.25, -0.2) is 9.79 Å². The quantitative estimate of drug-likeness (QED) is 0.376. The maximum absolute atomic E-state index is 12.4. The molecular weight excluding hydrogens is 366 g/mol. The number of cyclic esters (lactones) is 1. The lowest BCUT2D eigenvalue weighted by molar-refractivity contribution is -0.129. The van der Waals surface area contributed by atoms with E-state index in [9.17, 15) is 4.79 Å². The summed E-state index contributed by atoms with van der Waals surface area (Å²) >= 11 is 0. The van der Waals surface area contributed by atoms with Crippen molar-refractivity contribution >= 4 is 28.7 Å². The standard InChI is InChI=1S/C24H17NO4/c1-3-13-28-21-12-11-16(15-22(21)27-2)14-20-24(26)29-23(25-20)19-10-6-8-17-7-4-5-9-18(17)19/h1,4-12,14-15H,13H2,2H3. The molecule has 1 aliphatic heterocycles. The van der Waals surface area contributed by atoms with E-state index in [4.69, 9.17) is 20.6 Å². The first-order valence-corrected chi connectivity index (χ1v) is 8.94. The Bertz CT molecular complexity index is 1200. The second-order valence-corrected chi connectivity index (χ2v) is 6.27. The highest BCUT2D eigenvalue weighted by molar-refractivity contribution is 6.17. The monoisotopic (exact) mass is 383 g/mol. The van der Waals surface area contributed by atoms with E-state index in [1.165, 1.54) is 7.11 Å². The predicted molar refractivity (Wildman–Crippen MR) is 112 cm³/mol. The van der Waals surface area contributed by atoms with Crippen molar-refractivity contribution in [1.82, 2.24) is 0 Å². The van der Waals surface area contributed by atoms with Crippen molar-refractivity contribution in [2.24, 2.45) is 4.99 Å². The van der Waals surface area contributed by atoms with E-state index in [0.717, 1.165) is 21.9 Å². The SMILES string of the molecule is C#CCOc1ccc(C=C2N=C(c3cccc4ccccc34)OC2=O)cc1OC. The van der Waals surface area contributed by atoms with Gasteiger partial charge in [0.15, 0.2) is 17.2 Å². The Kier molecular flexibility index (Phi) is 5.00. The summed E-state index contributed by atoms with van der Waals surface area (Å²) < 4.78 is 16.2. The smallest absolute Gasteiger partial charge is 0.363 e. The van der Waals surface area contributed by atoms with Gasteiger partial charge in [0.2, 0.25) is 5.90 Å². The zero-order valence-electron chi connectivity index (χ0n) is 15.7. The number of aliphatic imine (C=N–C) groups is 1. The Labute approximate surface area is 168 Å². The van der Waals surface area contributed by atoms with E-state index in [0.29, 0.717) is 17.4 Å². The minimum Gasteiger partial charge on any atom is -0.493 e. The van der Waals surface area contributed by atoms with E-state index < -0.39 is 5.97 Å². The number of nitrogens with zero attached hydrogens (tertiary/aromatic N) is 1. The molecule has 0 fully saturated rings. The van der Waals surface area contributed by atoms with Crippen molar-refractivity contribution in [1.29, 1.82) is 0 Å². The topological polar surface area (TPSA) is 57.1 Å². The van der Waals surface area contributed by atoms with Crippen LogP contribution in [0.1, 0.15) is 11.1 Å². The highest BCUT2D eigenvalue weighted by Crippen LogP contribution is 2.30. The van der Waals surface area contributed by atoms with E-state index in [-0.39, 0.29) is 12.3 Å². The van der Waals surface area contributed by atoms with Crippen LogP contribution in [0.15, 0.2) is 71.4 Å². The van der Waals surface area contributed by atoms with Crippen LogP contribution in [0.5, 0.6) is 11.5 Å². The predicted octanol–water partition coefficient (Wildman–Crippen LogP) is 4.20. The van der Waals surface area contributed by atoms with Gasteiger partial charge in [-0.3, -0.25) is 0 Å². The van der Waals surface area contributed by atoms with E-state index in [2.05, 4.69) is 10.9 Å². The molecule has 1 aliphatic rings. The van der Waals surface area contributed by atoms with Crippen LogP contribution in [-0.4, -0.2) is 25.6 Å². The summed E-state index contributed by atoms with van der Waals surface area (Å²) in [7, 11) is 1.54. The third-order valence-corrected chi connectivity index (χ3v) is 4.44. The molecule has 142 valence electrons. The molecular formula is C24H17NO4. The lowest BCUT2D eigenvalue weighted by Gasteiger charge is -2.09. The van der Waals surface area contributed by atoms with Crippen LogP contribution >= 0.6 is 0 Å². The van der Waals surface area contributed by atoms with Crippen LogP contribution in [-0.2, 0) is 9.53 Å². The summed E-state index contributed by atoms with van der Waals surface area (Å²) in [5.41, 5.74) is 1.72. The number of terminal acetylenes is 1. The number of hydrogen-bond donors (Lipinski definition) is 0. The highest BCUT2D eigenvalue weighted by Gasteiger charge is 2.25. The molecule has 0 spiro atoms. The summed E-state index contributed by atoms with van der Waals surface area (Å²) in [6, 6.07) is 19.0. The average molecular weight is 383 g/mol. The Hall–Kier alpha value is -4.04. The number of carbonyl (C=O) groups excluding carboxylic acids is 1. The Morgan fingerprint density at radius 2 is 1.93 bits per heavy atom. The minimum absolute atomic E-state index is 0.141. The number of esters is 1. The Morgan fingerprint density at radius 1 is 1.10 bits per heavy atom. The van der Waals surface area contributed by atoms with Gasteiger partial charge in [-0.05, 0) is 40.6 Å². The first kappa shape index (κ1) is 18.3. The van der Waals surface area contributed by atoms with Crippen LogP contribution in [0, 0.1) is 12.3 Å². The van der Waals surface area contributed by atoms with Crippen LogP contribution in [0.2, 0.25) is 0 Å². The lowest BCUT2D eigenvalue weighted by Crippen LogP contribution is -2.05. The molecule has 0 unspecified atom stereocenters. The summed E-state index contributed by atoms with van der Waals surface area (Å²) in [6.07, 6.45) is 6.87.